The molecule has 0 radical (unpaired) electrons. The van der Waals surface area contributed by atoms with Crippen molar-refractivity contribution in [3.63, 3.8) is 0 Å². The standard InChI is InChI=1S/C25H25FN2O6/c26-18-4-1-16(2-5-18)22-21(23(29)17-3-6-19-20(15-17)34-14-13-33-19)24(30)25(31)28(22)8-7-27-9-11-32-12-10-27/h1-6,15,22,29H,7-14H2/t22-/m0/s1. The number of ketones is 1. The van der Waals surface area contributed by atoms with Gasteiger partial charge in [0.2, 0.25) is 0 Å². The summed E-state index contributed by atoms with van der Waals surface area (Å²) in [5, 5.41) is 11.2. The van der Waals surface area contributed by atoms with Crippen LogP contribution in [-0.2, 0) is 14.3 Å². The van der Waals surface area contributed by atoms with Crippen LogP contribution in [0.3, 0.4) is 0 Å². The summed E-state index contributed by atoms with van der Waals surface area (Å²) >= 11 is 0. The van der Waals surface area contributed by atoms with Crippen LogP contribution in [0.2, 0.25) is 0 Å². The lowest BCUT2D eigenvalue weighted by molar-refractivity contribution is -0.140. The minimum absolute atomic E-state index is 0.0322. The molecular weight excluding hydrogens is 443 g/mol. The number of fused-ring (bicyclic) bond motifs is 1. The third-order valence-electron chi connectivity index (χ3n) is 6.30. The van der Waals surface area contributed by atoms with E-state index in [4.69, 9.17) is 14.2 Å². The molecule has 2 fully saturated rings. The summed E-state index contributed by atoms with van der Waals surface area (Å²) < 4.78 is 30.1. The molecule has 8 nitrogen and oxygen atoms in total. The molecule has 0 spiro atoms. The second-order valence-electron chi connectivity index (χ2n) is 8.36. The maximum Gasteiger partial charge on any atom is 0.295 e. The SMILES string of the molecule is O=C1C(=O)N(CCN2CCOCC2)[C@@H](c2ccc(F)cc2)C1=C(O)c1ccc2c(c1)OCCO2. The van der Waals surface area contributed by atoms with Crippen molar-refractivity contribution >= 4 is 17.4 Å². The first kappa shape index (κ1) is 22.4. The highest BCUT2D eigenvalue weighted by Crippen LogP contribution is 2.41. The molecule has 178 valence electrons. The van der Waals surface area contributed by atoms with Gasteiger partial charge in [-0.05, 0) is 35.9 Å². The van der Waals surface area contributed by atoms with Crippen molar-refractivity contribution in [2.24, 2.45) is 0 Å². The number of carbonyl (C=O) groups is 2. The third kappa shape index (κ3) is 4.24. The number of likely N-dealkylation sites (tertiary alicyclic amines) is 1. The molecule has 1 atom stereocenters. The Balaban J connectivity index is 1.53. The number of aliphatic hydroxyl groups is 1. The van der Waals surface area contributed by atoms with E-state index in [0.717, 1.165) is 13.1 Å². The van der Waals surface area contributed by atoms with Crippen LogP contribution in [0, 0.1) is 5.82 Å². The van der Waals surface area contributed by atoms with E-state index in [1.54, 1.807) is 18.2 Å². The van der Waals surface area contributed by atoms with Gasteiger partial charge in [-0.2, -0.15) is 0 Å². The monoisotopic (exact) mass is 468 g/mol. The zero-order chi connectivity index (χ0) is 23.7. The molecular formula is C25H25FN2O6. The van der Waals surface area contributed by atoms with Gasteiger partial charge in [-0.3, -0.25) is 14.5 Å². The normalized spacial score (nSPS) is 22.3. The van der Waals surface area contributed by atoms with Gasteiger partial charge in [0.05, 0.1) is 24.8 Å². The number of benzene rings is 2. The largest absolute Gasteiger partial charge is 0.507 e. The minimum Gasteiger partial charge on any atom is -0.507 e. The highest BCUT2D eigenvalue weighted by molar-refractivity contribution is 6.46. The molecule has 0 unspecified atom stereocenters. The predicted molar refractivity (Wildman–Crippen MR) is 120 cm³/mol. The van der Waals surface area contributed by atoms with Gasteiger partial charge >= 0.3 is 0 Å². The first-order chi connectivity index (χ1) is 16.5. The van der Waals surface area contributed by atoms with Crippen LogP contribution >= 0.6 is 0 Å². The summed E-state index contributed by atoms with van der Waals surface area (Å²) in [6.07, 6.45) is 0. The van der Waals surface area contributed by atoms with Crippen molar-refractivity contribution in [3.8, 4) is 11.5 Å². The molecule has 1 N–H and O–H groups in total. The fourth-order valence-electron chi connectivity index (χ4n) is 4.52. The molecule has 0 aromatic heterocycles. The molecule has 2 aromatic carbocycles. The molecule has 1 amide bonds. The van der Waals surface area contributed by atoms with Gasteiger partial charge in [0.25, 0.3) is 11.7 Å². The maximum atomic E-state index is 13.6. The number of amides is 1. The molecule has 34 heavy (non-hydrogen) atoms. The van der Waals surface area contributed by atoms with Gasteiger partial charge in [-0.15, -0.1) is 0 Å². The van der Waals surface area contributed by atoms with Crippen LogP contribution in [0.5, 0.6) is 11.5 Å². The summed E-state index contributed by atoms with van der Waals surface area (Å²) in [6.45, 7) is 4.35. The number of ether oxygens (including phenoxy) is 3. The second-order valence-corrected chi connectivity index (χ2v) is 8.36. The smallest absolute Gasteiger partial charge is 0.295 e. The maximum absolute atomic E-state index is 13.6. The Hall–Kier alpha value is -3.43. The van der Waals surface area contributed by atoms with E-state index in [1.807, 2.05) is 0 Å². The number of morpholine rings is 1. The Morgan fingerprint density at radius 3 is 2.38 bits per heavy atom. The van der Waals surface area contributed by atoms with E-state index < -0.39 is 23.5 Å². The van der Waals surface area contributed by atoms with E-state index in [0.29, 0.717) is 55.6 Å². The lowest BCUT2D eigenvalue weighted by Crippen LogP contribution is -2.42. The van der Waals surface area contributed by atoms with Gasteiger partial charge in [0.15, 0.2) is 11.5 Å². The van der Waals surface area contributed by atoms with E-state index >= 15 is 0 Å². The summed E-state index contributed by atoms with van der Waals surface area (Å²) in [7, 11) is 0. The summed E-state index contributed by atoms with van der Waals surface area (Å²) in [6, 6.07) is 9.65. The molecule has 2 saturated heterocycles. The van der Waals surface area contributed by atoms with Gasteiger partial charge in [0, 0.05) is 31.7 Å². The summed E-state index contributed by atoms with van der Waals surface area (Å²) in [5.41, 5.74) is 0.847. The van der Waals surface area contributed by atoms with Crippen molar-refractivity contribution in [3.05, 3.63) is 65.0 Å². The first-order valence-corrected chi connectivity index (χ1v) is 11.3. The Kier molecular flexibility index (Phi) is 6.21. The van der Waals surface area contributed by atoms with Crippen LogP contribution in [0.1, 0.15) is 17.2 Å². The average Bonchev–Trinajstić information content (AvgIpc) is 3.12. The predicted octanol–water partition coefficient (Wildman–Crippen LogP) is 2.35. The molecule has 5 rings (SSSR count). The highest BCUT2D eigenvalue weighted by atomic mass is 19.1. The van der Waals surface area contributed by atoms with E-state index in [9.17, 15) is 19.1 Å². The van der Waals surface area contributed by atoms with Crippen molar-refractivity contribution in [2.75, 3.05) is 52.6 Å². The minimum atomic E-state index is -0.838. The third-order valence-corrected chi connectivity index (χ3v) is 6.30. The van der Waals surface area contributed by atoms with Gasteiger partial charge < -0.3 is 24.2 Å². The quantitative estimate of drug-likeness (QED) is 0.409. The molecule has 0 saturated carbocycles. The van der Waals surface area contributed by atoms with Crippen molar-refractivity contribution < 1.29 is 33.3 Å². The molecule has 0 bridgehead atoms. The number of rotatable bonds is 5. The van der Waals surface area contributed by atoms with Crippen LogP contribution in [-0.4, -0.2) is 79.2 Å². The number of hydrogen-bond acceptors (Lipinski definition) is 7. The summed E-state index contributed by atoms with van der Waals surface area (Å²) in [4.78, 5) is 29.8. The first-order valence-electron chi connectivity index (χ1n) is 11.3. The molecule has 3 aliphatic heterocycles. The fourth-order valence-corrected chi connectivity index (χ4v) is 4.52. The molecule has 3 heterocycles. The fraction of sp³-hybridized carbons (Fsp3) is 0.360. The second kappa shape index (κ2) is 9.44. The van der Waals surface area contributed by atoms with Crippen LogP contribution in [0.15, 0.2) is 48.0 Å². The zero-order valence-electron chi connectivity index (χ0n) is 18.5. The Bertz CT molecular complexity index is 1130. The average molecular weight is 468 g/mol. The Morgan fingerprint density at radius 1 is 0.941 bits per heavy atom. The highest BCUT2D eigenvalue weighted by Gasteiger charge is 2.46. The number of aliphatic hydroxyl groups excluding tert-OH is 1. The van der Waals surface area contributed by atoms with Gasteiger partial charge in [-0.25, -0.2) is 4.39 Å². The Morgan fingerprint density at radius 2 is 1.65 bits per heavy atom. The van der Waals surface area contributed by atoms with Crippen molar-refractivity contribution in [1.82, 2.24) is 9.80 Å². The van der Waals surface area contributed by atoms with Crippen LogP contribution < -0.4 is 9.47 Å². The number of Topliss-reactive ketones (excluding diaryl/α,β-unsaturated/α-hetero) is 1. The van der Waals surface area contributed by atoms with Crippen molar-refractivity contribution in [1.29, 1.82) is 0 Å². The lowest BCUT2D eigenvalue weighted by Gasteiger charge is -2.31. The number of hydrogen-bond donors (Lipinski definition) is 1. The number of nitrogens with zero attached hydrogens (tertiary/aromatic N) is 2. The van der Waals surface area contributed by atoms with Gasteiger partial charge in [-0.1, -0.05) is 12.1 Å². The van der Waals surface area contributed by atoms with Gasteiger partial charge in [0.1, 0.15) is 24.8 Å². The number of halogens is 1. The van der Waals surface area contributed by atoms with Crippen molar-refractivity contribution in [2.45, 2.75) is 6.04 Å². The summed E-state index contributed by atoms with van der Waals surface area (Å²) in [5.74, 6) is -1.20. The topological polar surface area (TPSA) is 88.5 Å². The van der Waals surface area contributed by atoms with Crippen LogP contribution in [0.4, 0.5) is 4.39 Å². The Labute approximate surface area is 196 Å². The molecule has 2 aromatic rings. The molecule has 9 heteroatoms. The van der Waals surface area contributed by atoms with E-state index in [2.05, 4.69) is 4.90 Å². The molecule has 3 aliphatic rings. The van der Waals surface area contributed by atoms with E-state index in [1.165, 1.54) is 29.2 Å². The molecule has 0 aliphatic carbocycles. The van der Waals surface area contributed by atoms with Crippen LogP contribution in [0.25, 0.3) is 5.76 Å². The lowest BCUT2D eigenvalue weighted by atomic mass is 9.95. The number of carbonyl (C=O) groups excluding carboxylic acids is 2. The zero-order valence-corrected chi connectivity index (χ0v) is 18.5. The van der Waals surface area contributed by atoms with E-state index in [-0.39, 0.29) is 17.9 Å².